The molecule has 138 valence electrons. The van der Waals surface area contributed by atoms with E-state index in [1.165, 1.54) is 18.5 Å². The molecule has 0 spiro atoms. The Morgan fingerprint density at radius 3 is 2.52 bits per heavy atom. The Morgan fingerprint density at radius 1 is 1.20 bits per heavy atom. The van der Waals surface area contributed by atoms with Crippen LogP contribution in [0.2, 0.25) is 0 Å². The molecule has 0 aromatic carbocycles. The van der Waals surface area contributed by atoms with Gasteiger partial charge in [-0.3, -0.25) is 19.2 Å². The number of carbonyl (C=O) groups is 2. The van der Waals surface area contributed by atoms with Crippen LogP contribution < -0.4 is 5.73 Å². The summed E-state index contributed by atoms with van der Waals surface area (Å²) < 4.78 is 2.02. The lowest BCUT2D eigenvalue weighted by atomic mass is 10.1. The Balaban J connectivity index is 1.73. The quantitative estimate of drug-likeness (QED) is 0.885. The van der Waals surface area contributed by atoms with Crippen LogP contribution >= 0.6 is 0 Å². The van der Waals surface area contributed by atoms with Crippen molar-refractivity contribution >= 4 is 11.8 Å². The summed E-state index contributed by atoms with van der Waals surface area (Å²) in [5, 5.41) is 4.65. The molecule has 1 aliphatic heterocycles. The molecule has 2 amide bonds. The van der Waals surface area contributed by atoms with Gasteiger partial charge in [0.25, 0.3) is 5.91 Å². The molecule has 1 aromatic heterocycles. The summed E-state index contributed by atoms with van der Waals surface area (Å²) in [4.78, 5) is 27.9. The number of carbonyl (C=O) groups excluding carboxylic acids is 2. The predicted octanol–water partition coefficient (Wildman–Crippen LogP) is 1.15. The Hall–Kier alpha value is -1.89. The molecule has 0 atom stereocenters. The zero-order chi connectivity index (χ0) is 18.2. The summed E-state index contributed by atoms with van der Waals surface area (Å²) in [7, 11) is 0. The van der Waals surface area contributed by atoms with Gasteiger partial charge in [0, 0.05) is 37.8 Å². The molecule has 7 nitrogen and oxygen atoms in total. The van der Waals surface area contributed by atoms with Gasteiger partial charge in [0.2, 0.25) is 5.91 Å². The van der Waals surface area contributed by atoms with Crippen molar-refractivity contribution in [1.29, 1.82) is 0 Å². The van der Waals surface area contributed by atoms with Crippen molar-refractivity contribution in [2.45, 2.75) is 51.5 Å². The second-order valence-corrected chi connectivity index (χ2v) is 8.20. The summed E-state index contributed by atoms with van der Waals surface area (Å²) >= 11 is 0. The molecule has 1 saturated carbocycles. The smallest absolute Gasteiger partial charge is 0.274 e. The van der Waals surface area contributed by atoms with Gasteiger partial charge in [-0.05, 0) is 46.1 Å². The lowest BCUT2D eigenvalue weighted by molar-refractivity contribution is -0.119. The maximum absolute atomic E-state index is 13.0. The van der Waals surface area contributed by atoms with Gasteiger partial charge in [-0.25, -0.2) is 0 Å². The summed E-state index contributed by atoms with van der Waals surface area (Å²) in [5.41, 5.74) is 6.87. The molecule has 25 heavy (non-hydrogen) atoms. The molecule has 1 aromatic rings. The molecular weight excluding hydrogens is 318 g/mol. The van der Waals surface area contributed by atoms with Gasteiger partial charge in [0.1, 0.15) is 0 Å². The first-order valence-electron chi connectivity index (χ1n) is 9.16. The zero-order valence-corrected chi connectivity index (χ0v) is 15.5. The van der Waals surface area contributed by atoms with Gasteiger partial charge in [0.05, 0.1) is 12.1 Å². The van der Waals surface area contributed by atoms with Crippen molar-refractivity contribution < 1.29 is 9.59 Å². The maximum Gasteiger partial charge on any atom is 0.274 e. The van der Waals surface area contributed by atoms with Crippen LogP contribution in [-0.2, 0) is 10.3 Å². The predicted molar refractivity (Wildman–Crippen MR) is 95.4 cm³/mol. The highest BCUT2D eigenvalue weighted by Crippen LogP contribution is 2.41. The highest BCUT2D eigenvalue weighted by atomic mass is 16.2. The molecule has 2 N–H and O–H groups in total. The van der Waals surface area contributed by atoms with Crippen LogP contribution in [0, 0.1) is 0 Å². The number of amides is 2. The first-order chi connectivity index (χ1) is 11.8. The topological polar surface area (TPSA) is 84.5 Å². The Labute approximate surface area is 149 Å². The molecule has 2 fully saturated rings. The molecule has 2 aliphatic rings. The standard InChI is InChI=1S/C18H29N5O2/c1-18(2,3)23-15(13-5-6-13)11-14(20-23)17(25)22-8-4-7-21(9-10-22)12-16(19)24/h11,13H,4-10,12H2,1-3H3,(H2,19,24). The fourth-order valence-electron chi connectivity index (χ4n) is 3.42. The largest absolute Gasteiger partial charge is 0.369 e. The summed E-state index contributed by atoms with van der Waals surface area (Å²) in [5.74, 6) is 0.215. The van der Waals surface area contributed by atoms with Crippen molar-refractivity contribution in [3.05, 3.63) is 17.5 Å². The van der Waals surface area contributed by atoms with Crippen LogP contribution in [0.4, 0.5) is 0 Å². The van der Waals surface area contributed by atoms with Crippen molar-refractivity contribution in [2.75, 3.05) is 32.7 Å². The van der Waals surface area contributed by atoms with Crippen molar-refractivity contribution in [2.24, 2.45) is 5.73 Å². The molecular formula is C18H29N5O2. The number of hydrogen-bond donors (Lipinski definition) is 1. The third-order valence-electron chi connectivity index (χ3n) is 4.84. The number of nitrogens with zero attached hydrogens (tertiary/aromatic N) is 4. The van der Waals surface area contributed by atoms with Crippen LogP contribution in [-0.4, -0.2) is 64.1 Å². The number of nitrogens with two attached hydrogens (primary N) is 1. The minimum absolute atomic E-state index is 0.00850. The van der Waals surface area contributed by atoms with E-state index < -0.39 is 0 Å². The first kappa shape index (κ1) is 17.9. The second kappa shape index (κ2) is 6.78. The van der Waals surface area contributed by atoms with Gasteiger partial charge in [0.15, 0.2) is 5.69 Å². The highest BCUT2D eigenvalue weighted by Gasteiger charge is 2.33. The van der Waals surface area contributed by atoms with E-state index in [-0.39, 0.29) is 23.9 Å². The first-order valence-corrected chi connectivity index (χ1v) is 9.16. The fourth-order valence-corrected chi connectivity index (χ4v) is 3.42. The molecule has 3 rings (SSSR count). The lowest BCUT2D eigenvalue weighted by Gasteiger charge is -2.23. The van der Waals surface area contributed by atoms with Crippen molar-refractivity contribution in [1.82, 2.24) is 19.6 Å². The van der Waals surface area contributed by atoms with Gasteiger partial charge in [-0.1, -0.05) is 0 Å². The van der Waals surface area contributed by atoms with Crippen LogP contribution in [0.25, 0.3) is 0 Å². The van der Waals surface area contributed by atoms with Gasteiger partial charge < -0.3 is 10.6 Å². The van der Waals surface area contributed by atoms with E-state index in [2.05, 4.69) is 25.9 Å². The van der Waals surface area contributed by atoms with Crippen molar-refractivity contribution in [3.8, 4) is 0 Å². The van der Waals surface area contributed by atoms with E-state index in [9.17, 15) is 9.59 Å². The van der Waals surface area contributed by atoms with Gasteiger partial charge in [-0.15, -0.1) is 0 Å². The summed E-state index contributed by atoms with van der Waals surface area (Å²) in [6.07, 6.45) is 3.21. The second-order valence-electron chi connectivity index (χ2n) is 8.20. The monoisotopic (exact) mass is 347 g/mol. The van der Waals surface area contributed by atoms with E-state index in [1.807, 2.05) is 20.5 Å². The zero-order valence-electron chi connectivity index (χ0n) is 15.5. The Kier molecular flexibility index (Phi) is 4.86. The normalized spacial score (nSPS) is 19.7. The van der Waals surface area contributed by atoms with E-state index in [0.29, 0.717) is 31.2 Å². The number of rotatable bonds is 4. The Morgan fingerprint density at radius 2 is 1.92 bits per heavy atom. The minimum Gasteiger partial charge on any atom is -0.369 e. The number of primary amides is 1. The van der Waals surface area contributed by atoms with Gasteiger partial charge in [-0.2, -0.15) is 5.10 Å². The molecule has 0 unspecified atom stereocenters. The summed E-state index contributed by atoms with van der Waals surface area (Å²) in [6, 6.07) is 1.98. The minimum atomic E-state index is -0.322. The average Bonchev–Trinajstić information content (AvgIpc) is 3.29. The van der Waals surface area contributed by atoms with E-state index in [4.69, 9.17) is 5.73 Å². The molecule has 2 heterocycles. The molecule has 1 saturated heterocycles. The Bertz CT molecular complexity index is 657. The molecule has 0 radical (unpaired) electrons. The average molecular weight is 347 g/mol. The van der Waals surface area contributed by atoms with Crippen LogP contribution in [0.3, 0.4) is 0 Å². The van der Waals surface area contributed by atoms with E-state index in [1.54, 1.807) is 0 Å². The molecule has 0 bridgehead atoms. The van der Waals surface area contributed by atoms with E-state index >= 15 is 0 Å². The maximum atomic E-state index is 13.0. The lowest BCUT2D eigenvalue weighted by Crippen LogP contribution is -2.38. The molecule has 1 aliphatic carbocycles. The third kappa shape index (κ3) is 4.21. The van der Waals surface area contributed by atoms with Crippen LogP contribution in [0.15, 0.2) is 6.07 Å². The highest BCUT2D eigenvalue weighted by molar-refractivity contribution is 5.92. The summed E-state index contributed by atoms with van der Waals surface area (Å²) in [6.45, 7) is 9.37. The van der Waals surface area contributed by atoms with Crippen LogP contribution in [0.5, 0.6) is 0 Å². The fraction of sp³-hybridized carbons (Fsp3) is 0.722. The molecule has 7 heteroatoms. The van der Waals surface area contributed by atoms with Crippen LogP contribution in [0.1, 0.15) is 62.1 Å². The number of aromatic nitrogens is 2. The number of hydrogen-bond acceptors (Lipinski definition) is 4. The third-order valence-corrected chi connectivity index (χ3v) is 4.84. The SMILES string of the molecule is CC(C)(C)n1nc(C(=O)N2CCCN(CC(N)=O)CC2)cc1C1CC1. The van der Waals surface area contributed by atoms with Crippen molar-refractivity contribution in [3.63, 3.8) is 0 Å². The van der Waals surface area contributed by atoms with E-state index in [0.717, 1.165) is 13.0 Å². The van der Waals surface area contributed by atoms with Gasteiger partial charge >= 0.3 is 0 Å².